The van der Waals surface area contributed by atoms with E-state index in [9.17, 15) is 9.59 Å². The van der Waals surface area contributed by atoms with Gasteiger partial charge in [0, 0.05) is 5.54 Å². The molecule has 0 saturated carbocycles. The first-order chi connectivity index (χ1) is 11.7. The first-order valence-corrected chi connectivity index (χ1v) is 8.11. The van der Waals surface area contributed by atoms with E-state index in [1.165, 1.54) is 14.0 Å². The molecule has 0 fully saturated rings. The van der Waals surface area contributed by atoms with Crippen molar-refractivity contribution >= 4 is 18.0 Å². The number of ether oxygens (including phenoxy) is 3. The van der Waals surface area contributed by atoms with Crippen molar-refractivity contribution in [3.05, 3.63) is 29.8 Å². The van der Waals surface area contributed by atoms with Crippen LogP contribution in [0, 0.1) is 0 Å². The second-order valence-corrected chi connectivity index (χ2v) is 6.57. The summed E-state index contributed by atoms with van der Waals surface area (Å²) in [6.07, 6.45) is 2.95. The first-order valence-electron chi connectivity index (χ1n) is 8.11. The summed E-state index contributed by atoms with van der Waals surface area (Å²) in [5.74, 6) is -0.0355. The maximum atomic E-state index is 11.9. The van der Waals surface area contributed by atoms with Crippen LogP contribution >= 0.6 is 0 Å². The Bertz CT molecular complexity index is 631. The van der Waals surface area contributed by atoms with Crippen molar-refractivity contribution in [2.24, 2.45) is 0 Å². The van der Waals surface area contributed by atoms with Crippen molar-refractivity contribution in [1.29, 1.82) is 0 Å². The van der Waals surface area contributed by atoms with E-state index in [-0.39, 0.29) is 12.5 Å². The lowest BCUT2D eigenvalue weighted by Crippen LogP contribution is -2.46. The van der Waals surface area contributed by atoms with Crippen LogP contribution in [0.15, 0.2) is 24.3 Å². The molecular formula is C19H27NO5. The summed E-state index contributed by atoms with van der Waals surface area (Å²) >= 11 is 0. The molecule has 6 heteroatoms. The molecule has 1 aromatic rings. The van der Waals surface area contributed by atoms with Crippen molar-refractivity contribution in [3.8, 4) is 11.5 Å². The molecule has 1 atom stereocenters. The number of amides is 1. The van der Waals surface area contributed by atoms with E-state index in [1.54, 1.807) is 12.1 Å². The molecule has 25 heavy (non-hydrogen) atoms. The fourth-order valence-electron chi connectivity index (χ4n) is 1.99. The van der Waals surface area contributed by atoms with Crippen LogP contribution in [0.2, 0.25) is 0 Å². The van der Waals surface area contributed by atoms with E-state index in [0.717, 1.165) is 5.56 Å². The number of carbonyl (C=O) groups excluding carboxylic acids is 2. The molecule has 6 nitrogen and oxygen atoms in total. The molecule has 0 saturated heterocycles. The van der Waals surface area contributed by atoms with Gasteiger partial charge in [0.2, 0.25) is 0 Å². The van der Waals surface area contributed by atoms with E-state index in [1.807, 2.05) is 45.9 Å². The SMILES string of the molecule is C/C=C/c1ccc(OCC(=O)O[C@H](C)C(=O)NC(C)(C)C)c(OC)c1. The molecule has 138 valence electrons. The monoisotopic (exact) mass is 349 g/mol. The summed E-state index contributed by atoms with van der Waals surface area (Å²) in [4.78, 5) is 23.8. The highest BCUT2D eigenvalue weighted by Gasteiger charge is 2.22. The smallest absolute Gasteiger partial charge is 0.344 e. The van der Waals surface area contributed by atoms with E-state index in [4.69, 9.17) is 14.2 Å². The Balaban J connectivity index is 2.60. The van der Waals surface area contributed by atoms with Crippen LogP contribution in [-0.4, -0.2) is 37.2 Å². The zero-order chi connectivity index (χ0) is 19.0. The molecule has 1 amide bonds. The number of carbonyl (C=O) groups is 2. The summed E-state index contributed by atoms with van der Waals surface area (Å²) in [6, 6.07) is 5.37. The molecule has 0 aliphatic carbocycles. The largest absolute Gasteiger partial charge is 0.493 e. The highest BCUT2D eigenvalue weighted by atomic mass is 16.6. The van der Waals surface area contributed by atoms with Crippen LogP contribution in [0.1, 0.15) is 40.2 Å². The molecule has 0 aliphatic heterocycles. The van der Waals surface area contributed by atoms with Gasteiger partial charge < -0.3 is 19.5 Å². The van der Waals surface area contributed by atoms with Crippen molar-refractivity contribution in [2.75, 3.05) is 13.7 Å². The van der Waals surface area contributed by atoms with Gasteiger partial charge in [-0.15, -0.1) is 0 Å². The third-order valence-corrected chi connectivity index (χ3v) is 3.07. The Kier molecular flexibility index (Phi) is 7.48. The minimum Gasteiger partial charge on any atom is -0.493 e. The van der Waals surface area contributed by atoms with Crippen LogP contribution in [0.5, 0.6) is 11.5 Å². The predicted molar refractivity (Wildman–Crippen MR) is 96.6 cm³/mol. The number of esters is 1. The fraction of sp³-hybridized carbons (Fsp3) is 0.474. The van der Waals surface area contributed by atoms with Crippen LogP contribution < -0.4 is 14.8 Å². The Morgan fingerprint density at radius 2 is 1.92 bits per heavy atom. The van der Waals surface area contributed by atoms with E-state index in [0.29, 0.717) is 11.5 Å². The Morgan fingerprint density at radius 1 is 1.24 bits per heavy atom. The van der Waals surface area contributed by atoms with Gasteiger partial charge >= 0.3 is 5.97 Å². The normalized spacial score (nSPS) is 12.6. The average Bonchev–Trinajstić information content (AvgIpc) is 2.52. The maximum absolute atomic E-state index is 11.9. The van der Waals surface area contributed by atoms with E-state index in [2.05, 4.69) is 5.32 Å². The predicted octanol–water partition coefficient (Wildman–Crippen LogP) is 2.95. The number of rotatable bonds is 7. The van der Waals surface area contributed by atoms with Gasteiger partial charge in [0.1, 0.15) is 0 Å². The van der Waals surface area contributed by atoms with Gasteiger partial charge in [-0.25, -0.2) is 4.79 Å². The average molecular weight is 349 g/mol. The third-order valence-electron chi connectivity index (χ3n) is 3.07. The number of hydrogen-bond donors (Lipinski definition) is 1. The van der Waals surface area contributed by atoms with Crippen LogP contribution in [0.4, 0.5) is 0 Å². The second kappa shape index (κ2) is 9.11. The molecule has 0 bridgehead atoms. The molecule has 1 aromatic carbocycles. The highest BCUT2D eigenvalue weighted by Crippen LogP contribution is 2.28. The lowest BCUT2D eigenvalue weighted by molar-refractivity contribution is -0.157. The molecule has 0 unspecified atom stereocenters. The van der Waals surface area contributed by atoms with Crippen LogP contribution in [-0.2, 0) is 14.3 Å². The van der Waals surface area contributed by atoms with Crippen LogP contribution in [0.25, 0.3) is 6.08 Å². The van der Waals surface area contributed by atoms with Crippen LogP contribution in [0.3, 0.4) is 0 Å². The highest BCUT2D eigenvalue weighted by molar-refractivity contribution is 5.84. The molecule has 1 rings (SSSR count). The molecule has 0 radical (unpaired) electrons. The van der Waals surface area contributed by atoms with Gasteiger partial charge in [0.25, 0.3) is 5.91 Å². The number of allylic oxidation sites excluding steroid dienone is 1. The minimum absolute atomic E-state index is 0.313. The van der Waals surface area contributed by atoms with Gasteiger partial charge in [0.05, 0.1) is 7.11 Å². The van der Waals surface area contributed by atoms with Crippen molar-refractivity contribution in [2.45, 2.75) is 46.3 Å². The lowest BCUT2D eigenvalue weighted by atomic mass is 10.1. The Labute approximate surface area is 149 Å². The zero-order valence-corrected chi connectivity index (χ0v) is 15.7. The van der Waals surface area contributed by atoms with Crippen molar-refractivity contribution < 1.29 is 23.8 Å². The third kappa shape index (κ3) is 7.28. The number of benzene rings is 1. The molecule has 0 heterocycles. The quantitative estimate of drug-likeness (QED) is 0.766. The first kappa shape index (κ1) is 20.5. The van der Waals surface area contributed by atoms with Gasteiger partial charge in [-0.2, -0.15) is 0 Å². The summed E-state index contributed by atoms with van der Waals surface area (Å²) in [6.45, 7) is 8.69. The number of hydrogen-bond acceptors (Lipinski definition) is 5. The summed E-state index contributed by atoms with van der Waals surface area (Å²) in [5.41, 5.74) is 0.567. The summed E-state index contributed by atoms with van der Waals surface area (Å²) < 4.78 is 15.8. The van der Waals surface area contributed by atoms with Crippen molar-refractivity contribution in [3.63, 3.8) is 0 Å². The van der Waals surface area contributed by atoms with Gasteiger partial charge in [0.15, 0.2) is 24.2 Å². The topological polar surface area (TPSA) is 73.9 Å². The molecule has 0 aliphatic rings. The standard InChI is InChI=1S/C19H27NO5/c1-7-8-14-9-10-15(16(11-14)23-6)24-12-17(21)25-13(2)18(22)20-19(3,4)5/h7-11,13H,12H2,1-6H3,(H,20,22)/b8-7+/t13-/m1/s1. The molecule has 0 spiro atoms. The number of methoxy groups -OCH3 is 1. The Hall–Kier alpha value is -2.50. The number of nitrogens with one attached hydrogen (secondary N) is 1. The van der Waals surface area contributed by atoms with Gasteiger partial charge in [-0.05, 0) is 52.3 Å². The minimum atomic E-state index is -0.894. The zero-order valence-electron chi connectivity index (χ0n) is 15.7. The molecule has 1 N–H and O–H groups in total. The maximum Gasteiger partial charge on any atom is 0.344 e. The van der Waals surface area contributed by atoms with Crippen molar-refractivity contribution in [1.82, 2.24) is 5.32 Å². The second-order valence-electron chi connectivity index (χ2n) is 6.57. The van der Waals surface area contributed by atoms with Gasteiger partial charge in [-0.3, -0.25) is 4.79 Å². The van der Waals surface area contributed by atoms with Gasteiger partial charge in [-0.1, -0.05) is 18.2 Å². The Morgan fingerprint density at radius 3 is 2.48 bits per heavy atom. The fourth-order valence-corrected chi connectivity index (χ4v) is 1.99. The summed E-state index contributed by atoms with van der Waals surface area (Å²) in [7, 11) is 1.53. The van der Waals surface area contributed by atoms with E-state index < -0.39 is 17.6 Å². The van der Waals surface area contributed by atoms with E-state index >= 15 is 0 Å². The molecule has 0 aromatic heterocycles. The summed E-state index contributed by atoms with van der Waals surface area (Å²) in [5, 5.41) is 2.75. The molecular weight excluding hydrogens is 322 g/mol. The lowest BCUT2D eigenvalue weighted by Gasteiger charge is -2.23.